The second-order valence-corrected chi connectivity index (χ2v) is 5.02. The van der Waals surface area contributed by atoms with E-state index in [-0.39, 0.29) is 11.5 Å². The number of aryl methyl sites for hydroxylation is 1. The van der Waals surface area contributed by atoms with E-state index >= 15 is 0 Å². The first kappa shape index (κ1) is 15.1. The van der Waals surface area contributed by atoms with Gasteiger partial charge >= 0.3 is 0 Å². The predicted molar refractivity (Wildman–Crippen MR) is 84.4 cm³/mol. The number of nitrogens with two attached hydrogens (primary N) is 1. The maximum atomic E-state index is 9.09. The van der Waals surface area contributed by atoms with E-state index in [1.807, 2.05) is 0 Å². The Labute approximate surface area is 127 Å². The molecule has 21 heavy (non-hydrogen) atoms. The van der Waals surface area contributed by atoms with Gasteiger partial charge in [0.1, 0.15) is 23.9 Å². The van der Waals surface area contributed by atoms with Crippen LogP contribution in [-0.4, -0.2) is 23.4 Å². The van der Waals surface area contributed by atoms with E-state index in [2.05, 4.69) is 5.32 Å². The second-order valence-electron chi connectivity index (χ2n) is 4.62. The molecule has 0 atom stereocenters. The molecule has 0 radical (unpaired) electrons. The summed E-state index contributed by atoms with van der Waals surface area (Å²) in [7, 11) is 0. The third kappa shape index (κ3) is 3.86. The number of benzene rings is 2. The van der Waals surface area contributed by atoms with Crippen LogP contribution in [0.5, 0.6) is 17.2 Å². The highest BCUT2D eigenvalue weighted by atomic mass is 35.5. The molecule has 0 aromatic heterocycles. The molecule has 2 aromatic carbocycles. The number of nitrogens with one attached hydrogen (secondary N) is 1. The van der Waals surface area contributed by atoms with Crippen LogP contribution in [0.2, 0.25) is 5.02 Å². The number of anilines is 2. The lowest BCUT2D eigenvalue weighted by Crippen LogP contribution is -2.17. The average molecular weight is 309 g/mol. The Hall–Kier alpha value is -2.27. The number of hydrogen-bond acceptors (Lipinski definition) is 5. The first-order chi connectivity index (χ1) is 9.97. The number of phenols is 2. The van der Waals surface area contributed by atoms with E-state index in [0.29, 0.717) is 17.3 Å². The molecule has 0 amide bonds. The van der Waals surface area contributed by atoms with Crippen LogP contribution in [0, 0.1) is 6.92 Å². The fourth-order valence-electron chi connectivity index (χ4n) is 1.81. The normalized spacial score (nSPS) is 12.3. The molecule has 5 N–H and O–H groups in total. The summed E-state index contributed by atoms with van der Waals surface area (Å²) in [5, 5.41) is 21.8. The summed E-state index contributed by atoms with van der Waals surface area (Å²) in [6, 6.07) is 8.11. The molecule has 1 aliphatic heterocycles. The van der Waals surface area contributed by atoms with Gasteiger partial charge in [0.2, 0.25) is 0 Å². The summed E-state index contributed by atoms with van der Waals surface area (Å²) < 4.78 is 5.30. The summed E-state index contributed by atoms with van der Waals surface area (Å²) in [5.41, 5.74) is 7.41. The Morgan fingerprint density at radius 2 is 2.00 bits per heavy atom. The van der Waals surface area contributed by atoms with Crippen LogP contribution in [0.3, 0.4) is 0 Å². The summed E-state index contributed by atoms with van der Waals surface area (Å²) in [4.78, 5) is 0. The fraction of sp³-hybridized carbons (Fsp3) is 0.200. The molecule has 3 rings (SSSR count). The van der Waals surface area contributed by atoms with Crippen molar-refractivity contribution in [1.29, 1.82) is 0 Å². The highest BCUT2D eigenvalue weighted by Crippen LogP contribution is 2.30. The molecule has 1 heterocycles. The van der Waals surface area contributed by atoms with Gasteiger partial charge in [-0.25, -0.2) is 0 Å². The Morgan fingerprint density at radius 1 is 1.24 bits per heavy atom. The zero-order chi connectivity index (χ0) is 15.4. The molecule has 1 aliphatic rings. The molecule has 0 unspecified atom stereocenters. The Bertz CT molecular complexity index is 597. The standard InChI is InChI=1S/C8H9NO2.C7H8ClNO/c10-6-1-2-8-7(5-6)9-3-4-11-8;1-4-2-5(8)6(9)3-7(4)10/h1-2,5,9-10H,3-4H2;2-3,10H,9H2,1H3. The summed E-state index contributed by atoms with van der Waals surface area (Å²) in [6.07, 6.45) is 0. The van der Waals surface area contributed by atoms with Crippen molar-refractivity contribution in [2.45, 2.75) is 6.92 Å². The van der Waals surface area contributed by atoms with Crippen LogP contribution in [-0.2, 0) is 0 Å². The Kier molecular flexibility index (Phi) is 4.65. The van der Waals surface area contributed by atoms with Crippen molar-refractivity contribution in [1.82, 2.24) is 0 Å². The Balaban J connectivity index is 0.000000155. The van der Waals surface area contributed by atoms with E-state index < -0.39 is 0 Å². The number of ether oxygens (including phenoxy) is 1. The third-order valence-electron chi connectivity index (χ3n) is 2.95. The van der Waals surface area contributed by atoms with Crippen LogP contribution in [0.25, 0.3) is 0 Å². The molecule has 112 valence electrons. The van der Waals surface area contributed by atoms with Crippen LogP contribution in [0.1, 0.15) is 5.56 Å². The molecular weight excluding hydrogens is 292 g/mol. The minimum Gasteiger partial charge on any atom is -0.508 e. The quantitative estimate of drug-likeness (QED) is 0.562. The number of fused-ring (bicyclic) bond motifs is 1. The van der Waals surface area contributed by atoms with Crippen molar-refractivity contribution >= 4 is 23.0 Å². The van der Waals surface area contributed by atoms with Gasteiger partial charge in [0.25, 0.3) is 0 Å². The number of halogens is 1. The van der Waals surface area contributed by atoms with Gasteiger partial charge in [0, 0.05) is 18.7 Å². The molecule has 0 fully saturated rings. The Morgan fingerprint density at radius 3 is 2.71 bits per heavy atom. The first-order valence-corrected chi connectivity index (χ1v) is 6.79. The van der Waals surface area contributed by atoms with Gasteiger partial charge in [-0.05, 0) is 30.7 Å². The van der Waals surface area contributed by atoms with Gasteiger partial charge in [0.05, 0.1) is 16.4 Å². The molecule has 0 saturated carbocycles. The zero-order valence-corrected chi connectivity index (χ0v) is 12.3. The van der Waals surface area contributed by atoms with E-state index in [9.17, 15) is 0 Å². The lowest BCUT2D eigenvalue weighted by atomic mass is 10.2. The minimum absolute atomic E-state index is 0.182. The zero-order valence-electron chi connectivity index (χ0n) is 11.6. The van der Waals surface area contributed by atoms with E-state index in [0.717, 1.165) is 23.5 Å². The topological polar surface area (TPSA) is 87.7 Å². The van der Waals surface area contributed by atoms with Crippen LogP contribution >= 0.6 is 11.6 Å². The summed E-state index contributed by atoms with van der Waals surface area (Å²) in [6.45, 7) is 3.26. The van der Waals surface area contributed by atoms with Gasteiger partial charge in [-0.2, -0.15) is 0 Å². The van der Waals surface area contributed by atoms with Crippen molar-refractivity contribution in [2.24, 2.45) is 0 Å². The van der Waals surface area contributed by atoms with Crippen molar-refractivity contribution in [3.63, 3.8) is 0 Å². The van der Waals surface area contributed by atoms with Gasteiger partial charge in [-0.3, -0.25) is 0 Å². The van der Waals surface area contributed by atoms with E-state index in [1.165, 1.54) is 6.07 Å². The maximum absolute atomic E-state index is 9.09. The maximum Gasteiger partial charge on any atom is 0.142 e. The van der Waals surface area contributed by atoms with Crippen LogP contribution in [0.4, 0.5) is 11.4 Å². The monoisotopic (exact) mass is 308 g/mol. The van der Waals surface area contributed by atoms with Crippen molar-refractivity contribution in [3.05, 3.63) is 40.9 Å². The highest BCUT2D eigenvalue weighted by molar-refractivity contribution is 6.33. The third-order valence-corrected chi connectivity index (χ3v) is 3.28. The fourth-order valence-corrected chi connectivity index (χ4v) is 2.02. The largest absolute Gasteiger partial charge is 0.508 e. The van der Waals surface area contributed by atoms with Crippen molar-refractivity contribution in [3.8, 4) is 17.2 Å². The SMILES string of the molecule is Cc1cc(Cl)c(N)cc1O.Oc1ccc2c(c1)NCCO2. The molecule has 0 bridgehead atoms. The molecule has 0 spiro atoms. The van der Waals surface area contributed by atoms with E-state index in [1.54, 1.807) is 31.2 Å². The lowest BCUT2D eigenvalue weighted by molar-refractivity contribution is 0.322. The van der Waals surface area contributed by atoms with Crippen molar-refractivity contribution < 1.29 is 14.9 Å². The van der Waals surface area contributed by atoms with Gasteiger partial charge in [-0.15, -0.1) is 0 Å². The number of phenolic OH excluding ortho intramolecular Hbond substituents is 2. The predicted octanol–water partition coefficient (Wildman–Crippen LogP) is 3.13. The van der Waals surface area contributed by atoms with Crippen LogP contribution < -0.4 is 15.8 Å². The van der Waals surface area contributed by atoms with Gasteiger partial charge in [0.15, 0.2) is 0 Å². The van der Waals surface area contributed by atoms with E-state index in [4.69, 9.17) is 32.3 Å². The molecule has 6 heteroatoms. The minimum atomic E-state index is 0.182. The van der Waals surface area contributed by atoms with Crippen molar-refractivity contribution in [2.75, 3.05) is 24.2 Å². The summed E-state index contributed by atoms with van der Waals surface area (Å²) in [5.74, 6) is 1.26. The lowest BCUT2D eigenvalue weighted by Gasteiger charge is -2.18. The van der Waals surface area contributed by atoms with Gasteiger partial charge < -0.3 is 26.0 Å². The van der Waals surface area contributed by atoms with Crippen LogP contribution in [0.15, 0.2) is 30.3 Å². The van der Waals surface area contributed by atoms with Gasteiger partial charge in [-0.1, -0.05) is 11.6 Å². The first-order valence-electron chi connectivity index (χ1n) is 6.41. The number of hydrogen-bond donors (Lipinski definition) is 4. The highest BCUT2D eigenvalue weighted by Gasteiger charge is 2.08. The molecule has 2 aromatic rings. The molecule has 5 nitrogen and oxygen atoms in total. The number of rotatable bonds is 0. The molecular formula is C15H17ClN2O3. The number of nitrogen functional groups attached to an aromatic ring is 1. The summed E-state index contributed by atoms with van der Waals surface area (Å²) >= 11 is 5.65. The number of aromatic hydroxyl groups is 2. The smallest absolute Gasteiger partial charge is 0.142 e. The molecule has 0 saturated heterocycles. The average Bonchev–Trinajstić information content (AvgIpc) is 2.46. The second kappa shape index (κ2) is 6.45. The molecule has 0 aliphatic carbocycles.